The molecule has 0 aliphatic heterocycles. The van der Waals surface area contributed by atoms with Crippen LogP contribution in [0.5, 0.6) is 11.5 Å². The molecule has 1 saturated carbocycles. The summed E-state index contributed by atoms with van der Waals surface area (Å²) >= 11 is 0. The van der Waals surface area contributed by atoms with Crippen LogP contribution in [0.4, 0.5) is 0 Å². The van der Waals surface area contributed by atoms with Crippen LogP contribution in [0.15, 0.2) is 48.5 Å². The van der Waals surface area contributed by atoms with Crippen LogP contribution in [0.2, 0.25) is 0 Å². The molecule has 1 fully saturated rings. The van der Waals surface area contributed by atoms with Crippen molar-refractivity contribution in [2.45, 2.75) is 71.0 Å². The average Bonchev–Trinajstić information content (AvgIpc) is 3.34. The highest BCUT2D eigenvalue weighted by molar-refractivity contribution is 5.88. The standard InChI is InChI=1S/C27H36N2O4/c1-19(2)22-12-14-24(15-13-22)33-18-26(30)29(17-21-8-7-11-25(16-21)32-4)20(3)27(31)28-23-9-5-6-10-23/h7-8,11-16,19-20,23H,5-6,9-10,17-18H2,1-4H3,(H,28,31)/t20-/m1/s1. The van der Waals surface area contributed by atoms with Crippen molar-refractivity contribution in [1.82, 2.24) is 10.2 Å². The van der Waals surface area contributed by atoms with Gasteiger partial charge in [-0.2, -0.15) is 0 Å². The minimum Gasteiger partial charge on any atom is -0.497 e. The first-order chi connectivity index (χ1) is 15.9. The van der Waals surface area contributed by atoms with Crippen molar-refractivity contribution in [3.63, 3.8) is 0 Å². The Morgan fingerprint density at radius 2 is 1.73 bits per heavy atom. The summed E-state index contributed by atoms with van der Waals surface area (Å²) in [7, 11) is 1.61. The summed E-state index contributed by atoms with van der Waals surface area (Å²) in [5.74, 6) is 1.42. The number of nitrogens with zero attached hydrogens (tertiary/aromatic N) is 1. The molecule has 2 amide bonds. The van der Waals surface area contributed by atoms with Gasteiger partial charge in [-0.25, -0.2) is 0 Å². The van der Waals surface area contributed by atoms with Crippen LogP contribution in [0.3, 0.4) is 0 Å². The summed E-state index contributed by atoms with van der Waals surface area (Å²) in [5.41, 5.74) is 2.11. The van der Waals surface area contributed by atoms with Gasteiger partial charge in [-0.1, -0.05) is 51.0 Å². The summed E-state index contributed by atoms with van der Waals surface area (Å²) in [6.07, 6.45) is 4.26. The first-order valence-corrected chi connectivity index (χ1v) is 11.8. The predicted molar refractivity (Wildman–Crippen MR) is 129 cm³/mol. The van der Waals surface area contributed by atoms with Crippen molar-refractivity contribution in [1.29, 1.82) is 0 Å². The fourth-order valence-corrected chi connectivity index (χ4v) is 4.12. The number of rotatable bonds is 10. The molecule has 0 spiro atoms. The van der Waals surface area contributed by atoms with Crippen LogP contribution in [0, 0.1) is 0 Å². The number of ether oxygens (including phenoxy) is 2. The lowest BCUT2D eigenvalue weighted by molar-refractivity contribution is -0.142. The van der Waals surface area contributed by atoms with Crippen molar-refractivity contribution < 1.29 is 19.1 Å². The zero-order valence-electron chi connectivity index (χ0n) is 20.2. The van der Waals surface area contributed by atoms with E-state index in [2.05, 4.69) is 19.2 Å². The Morgan fingerprint density at radius 1 is 1.03 bits per heavy atom. The van der Waals surface area contributed by atoms with E-state index in [1.54, 1.807) is 18.9 Å². The molecule has 0 unspecified atom stereocenters. The molecule has 0 bridgehead atoms. The molecular weight excluding hydrogens is 416 g/mol. The molecule has 1 aliphatic rings. The molecule has 1 N–H and O–H groups in total. The molecular formula is C27H36N2O4. The molecule has 1 atom stereocenters. The van der Waals surface area contributed by atoms with Crippen molar-refractivity contribution in [3.05, 3.63) is 59.7 Å². The average molecular weight is 453 g/mol. The molecule has 6 heteroatoms. The van der Waals surface area contributed by atoms with E-state index in [-0.39, 0.29) is 24.5 Å². The van der Waals surface area contributed by atoms with Crippen LogP contribution in [-0.4, -0.2) is 42.5 Å². The number of amides is 2. The minimum absolute atomic E-state index is 0.126. The van der Waals surface area contributed by atoms with E-state index in [4.69, 9.17) is 9.47 Å². The molecule has 3 rings (SSSR count). The van der Waals surface area contributed by atoms with Crippen LogP contribution in [0.1, 0.15) is 63.5 Å². The van der Waals surface area contributed by atoms with Crippen molar-refractivity contribution >= 4 is 11.8 Å². The Balaban J connectivity index is 1.71. The van der Waals surface area contributed by atoms with Crippen molar-refractivity contribution in [2.75, 3.05) is 13.7 Å². The second kappa shape index (κ2) is 11.7. The lowest BCUT2D eigenvalue weighted by Gasteiger charge is -2.29. The molecule has 6 nitrogen and oxygen atoms in total. The molecule has 33 heavy (non-hydrogen) atoms. The number of methoxy groups -OCH3 is 1. The highest BCUT2D eigenvalue weighted by Crippen LogP contribution is 2.21. The van der Waals surface area contributed by atoms with Gasteiger partial charge in [-0.05, 0) is 61.1 Å². The molecule has 2 aromatic rings. The van der Waals surface area contributed by atoms with E-state index >= 15 is 0 Å². The number of hydrogen-bond donors (Lipinski definition) is 1. The van der Waals surface area contributed by atoms with Gasteiger partial charge < -0.3 is 19.7 Å². The Kier molecular flexibility index (Phi) is 8.75. The molecule has 1 aliphatic carbocycles. The van der Waals surface area contributed by atoms with Crippen LogP contribution in [0.25, 0.3) is 0 Å². The Labute approximate surface area is 197 Å². The zero-order chi connectivity index (χ0) is 23.8. The maximum absolute atomic E-state index is 13.2. The lowest BCUT2D eigenvalue weighted by atomic mass is 10.0. The smallest absolute Gasteiger partial charge is 0.261 e. The topological polar surface area (TPSA) is 67.9 Å². The maximum atomic E-state index is 13.2. The quantitative estimate of drug-likeness (QED) is 0.569. The Morgan fingerprint density at radius 3 is 2.36 bits per heavy atom. The van der Waals surface area contributed by atoms with E-state index in [0.29, 0.717) is 24.0 Å². The van der Waals surface area contributed by atoms with Crippen molar-refractivity contribution in [2.24, 2.45) is 0 Å². The summed E-state index contributed by atoms with van der Waals surface area (Å²) in [6.45, 7) is 6.21. The van der Waals surface area contributed by atoms with Gasteiger partial charge in [0.05, 0.1) is 7.11 Å². The lowest BCUT2D eigenvalue weighted by Crippen LogP contribution is -2.50. The number of carbonyl (C=O) groups is 2. The summed E-state index contributed by atoms with van der Waals surface area (Å²) in [5, 5.41) is 3.11. The monoisotopic (exact) mass is 452 g/mol. The van der Waals surface area contributed by atoms with Gasteiger partial charge in [-0.3, -0.25) is 9.59 Å². The van der Waals surface area contributed by atoms with Gasteiger partial charge in [-0.15, -0.1) is 0 Å². The largest absolute Gasteiger partial charge is 0.497 e. The second-order valence-corrected chi connectivity index (χ2v) is 9.05. The van der Waals surface area contributed by atoms with E-state index < -0.39 is 6.04 Å². The predicted octanol–water partition coefficient (Wildman–Crippen LogP) is 4.67. The highest BCUT2D eigenvalue weighted by atomic mass is 16.5. The van der Waals surface area contributed by atoms with Gasteiger partial charge in [0.2, 0.25) is 5.91 Å². The van der Waals surface area contributed by atoms with Crippen LogP contribution in [-0.2, 0) is 16.1 Å². The van der Waals surface area contributed by atoms with Gasteiger partial charge in [0, 0.05) is 12.6 Å². The van der Waals surface area contributed by atoms with Gasteiger partial charge in [0.25, 0.3) is 5.91 Å². The molecule has 0 aromatic heterocycles. The SMILES string of the molecule is COc1cccc(CN(C(=O)COc2ccc(C(C)C)cc2)[C@H](C)C(=O)NC2CCCC2)c1. The van der Waals surface area contributed by atoms with Crippen LogP contribution >= 0.6 is 0 Å². The molecule has 178 valence electrons. The summed E-state index contributed by atoms with van der Waals surface area (Å²) in [4.78, 5) is 27.8. The third-order valence-corrected chi connectivity index (χ3v) is 6.26. The van der Waals surface area contributed by atoms with E-state index in [1.807, 2.05) is 48.5 Å². The Hall–Kier alpha value is -3.02. The third kappa shape index (κ3) is 6.98. The molecule has 0 heterocycles. The van der Waals surface area contributed by atoms with Crippen molar-refractivity contribution in [3.8, 4) is 11.5 Å². The summed E-state index contributed by atoms with van der Waals surface area (Å²) < 4.78 is 11.1. The van der Waals surface area contributed by atoms with E-state index in [9.17, 15) is 9.59 Å². The molecule has 0 radical (unpaired) electrons. The number of benzene rings is 2. The number of nitrogens with one attached hydrogen (secondary N) is 1. The Bertz CT molecular complexity index is 920. The molecule has 0 saturated heterocycles. The molecule has 2 aromatic carbocycles. The van der Waals surface area contributed by atoms with Gasteiger partial charge in [0.1, 0.15) is 17.5 Å². The first-order valence-electron chi connectivity index (χ1n) is 11.8. The fourth-order valence-electron chi connectivity index (χ4n) is 4.12. The normalized spacial score (nSPS) is 14.7. The third-order valence-electron chi connectivity index (χ3n) is 6.26. The second-order valence-electron chi connectivity index (χ2n) is 9.05. The number of hydrogen-bond acceptors (Lipinski definition) is 4. The van der Waals surface area contributed by atoms with Crippen LogP contribution < -0.4 is 14.8 Å². The van der Waals surface area contributed by atoms with Gasteiger partial charge >= 0.3 is 0 Å². The van der Waals surface area contributed by atoms with E-state index in [0.717, 1.165) is 31.2 Å². The first kappa shape index (κ1) is 24.6. The zero-order valence-corrected chi connectivity index (χ0v) is 20.2. The van der Waals surface area contributed by atoms with Gasteiger partial charge in [0.15, 0.2) is 6.61 Å². The highest BCUT2D eigenvalue weighted by Gasteiger charge is 2.28. The number of carbonyl (C=O) groups excluding carboxylic acids is 2. The fraction of sp³-hybridized carbons (Fsp3) is 0.481. The maximum Gasteiger partial charge on any atom is 0.261 e. The van der Waals surface area contributed by atoms with E-state index in [1.165, 1.54) is 5.56 Å². The minimum atomic E-state index is -0.615. The summed E-state index contributed by atoms with van der Waals surface area (Å²) in [6, 6.07) is 14.9.